The Labute approximate surface area is 130 Å². The van der Waals surface area contributed by atoms with Gasteiger partial charge in [0.25, 0.3) is 0 Å². The van der Waals surface area contributed by atoms with Crippen LogP contribution in [0.4, 0.5) is 0 Å². The first-order valence-corrected chi connectivity index (χ1v) is 7.71. The van der Waals surface area contributed by atoms with E-state index in [2.05, 4.69) is 16.2 Å². The van der Waals surface area contributed by atoms with Gasteiger partial charge in [0.05, 0.1) is 6.20 Å². The summed E-state index contributed by atoms with van der Waals surface area (Å²) in [4.78, 5) is 13.5. The summed E-state index contributed by atoms with van der Waals surface area (Å²) in [6, 6.07) is 7.60. The SMILES string of the molecule is Cn1cc(C2CCN(Cc3ccc(C(N)=O)cc3)CC2)cn1. The molecule has 1 fully saturated rings. The van der Waals surface area contributed by atoms with Crippen LogP contribution >= 0.6 is 0 Å². The Balaban J connectivity index is 1.54. The first-order valence-electron chi connectivity index (χ1n) is 7.71. The number of nitrogens with two attached hydrogens (primary N) is 1. The van der Waals surface area contributed by atoms with Gasteiger partial charge < -0.3 is 5.73 Å². The zero-order valence-corrected chi connectivity index (χ0v) is 12.9. The van der Waals surface area contributed by atoms with Crippen LogP contribution in [0.1, 0.15) is 40.2 Å². The minimum absolute atomic E-state index is 0.371. The molecule has 2 heterocycles. The molecule has 1 aliphatic heterocycles. The highest BCUT2D eigenvalue weighted by molar-refractivity contribution is 5.92. The predicted octanol–water partition coefficient (Wildman–Crippen LogP) is 1.90. The first kappa shape index (κ1) is 14.8. The van der Waals surface area contributed by atoms with E-state index in [0.29, 0.717) is 11.5 Å². The molecule has 0 unspecified atom stereocenters. The number of piperidine rings is 1. The smallest absolute Gasteiger partial charge is 0.248 e. The summed E-state index contributed by atoms with van der Waals surface area (Å²) in [5.41, 5.74) is 8.41. The zero-order chi connectivity index (χ0) is 15.5. The van der Waals surface area contributed by atoms with Gasteiger partial charge in [0.1, 0.15) is 0 Å². The largest absolute Gasteiger partial charge is 0.366 e. The van der Waals surface area contributed by atoms with Crippen LogP contribution < -0.4 is 5.73 Å². The lowest BCUT2D eigenvalue weighted by Gasteiger charge is -2.31. The van der Waals surface area contributed by atoms with E-state index in [4.69, 9.17) is 5.73 Å². The number of hydrogen-bond donors (Lipinski definition) is 1. The van der Waals surface area contributed by atoms with E-state index in [1.807, 2.05) is 30.1 Å². The highest BCUT2D eigenvalue weighted by Crippen LogP contribution is 2.28. The third-order valence-electron chi connectivity index (χ3n) is 4.43. The summed E-state index contributed by atoms with van der Waals surface area (Å²) in [6.45, 7) is 3.12. The van der Waals surface area contributed by atoms with Crippen molar-refractivity contribution in [1.29, 1.82) is 0 Å². The van der Waals surface area contributed by atoms with Gasteiger partial charge in [-0.05, 0) is 55.1 Å². The second-order valence-electron chi connectivity index (χ2n) is 6.06. The molecule has 5 nitrogen and oxygen atoms in total. The van der Waals surface area contributed by atoms with Crippen LogP contribution in [0.15, 0.2) is 36.7 Å². The monoisotopic (exact) mass is 298 g/mol. The van der Waals surface area contributed by atoms with Crippen molar-refractivity contribution >= 4 is 5.91 Å². The van der Waals surface area contributed by atoms with E-state index in [9.17, 15) is 4.79 Å². The lowest BCUT2D eigenvalue weighted by molar-refractivity contribution is 0.100. The average molecular weight is 298 g/mol. The maximum absolute atomic E-state index is 11.1. The fourth-order valence-electron chi connectivity index (χ4n) is 3.11. The van der Waals surface area contributed by atoms with Crippen LogP contribution in [0.2, 0.25) is 0 Å². The van der Waals surface area contributed by atoms with E-state index >= 15 is 0 Å². The van der Waals surface area contributed by atoms with Crippen molar-refractivity contribution in [2.75, 3.05) is 13.1 Å². The Morgan fingerprint density at radius 1 is 1.27 bits per heavy atom. The van der Waals surface area contributed by atoms with Gasteiger partial charge in [-0.1, -0.05) is 12.1 Å². The molecule has 1 aromatic heterocycles. The van der Waals surface area contributed by atoms with E-state index < -0.39 is 0 Å². The molecular formula is C17H22N4O. The van der Waals surface area contributed by atoms with Crippen LogP contribution in [-0.2, 0) is 13.6 Å². The highest BCUT2D eigenvalue weighted by atomic mass is 16.1. The molecule has 1 saturated heterocycles. The van der Waals surface area contributed by atoms with Gasteiger partial charge >= 0.3 is 0 Å². The lowest BCUT2D eigenvalue weighted by Crippen LogP contribution is -2.32. The topological polar surface area (TPSA) is 64.2 Å². The molecule has 0 saturated carbocycles. The second kappa shape index (κ2) is 6.32. The summed E-state index contributed by atoms with van der Waals surface area (Å²) >= 11 is 0. The number of amides is 1. The van der Waals surface area contributed by atoms with Crippen molar-refractivity contribution < 1.29 is 4.79 Å². The molecule has 1 aromatic carbocycles. The Hall–Kier alpha value is -2.14. The molecule has 22 heavy (non-hydrogen) atoms. The molecule has 2 N–H and O–H groups in total. The molecule has 1 aliphatic rings. The summed E-state index contributed by atoms with van der Waals surface area (Å²) in [6.07, 6.45) is 6.46. The molecule has 3 rings (SSSR count). The molecule has 5 heteroatoms. The summed E-state index contributed by atoms with van der Waals surface area (Å²) in [7, 11) is 1.97. The molecule has 0 radical (unpaired) electrons. The maximum Gasteiger partial charge on any atom is 0.248 e. The first-order chi connectivity index (χ1) is 10.6. The molecule has 0 bridgehead atoms. The fourth-order valence-corrected chi connectivity index (χ4v) is 3.11. The second-order valence-corrected chi connectivity index (χ2v) is 6.06. The van der Waals surface area contributed by atoms with Crippen molar-refractivity contribution in [3.8, 4) is 0 Å². The van der Waals surface area contributed by atoms with Crippen molar-refractivity contribution in [3.05, 3.63) is 53.3 Å². The van der Waals surface area contributed by atoms with Gasteiger partial charge in [0, 0.05) is 25.4 Å². The molecular weight excluding hydrogens is 276 g/mol. The quantitative estimate of drug-likeness (QED) is 0.937. The minimum Gasteiger partial charge on any atom is -0.366 e. The maximum atomic E-state index is 11.1. The fraction of sp³-hybridized carbons (Fsp3) is 0.412. The number of aryl methyl sites for hydroxylation is 1. The van der Waals surface area contributed by atoms with E-state index in [0.717, 1.165) is 19.6 Å². The van der Waals surface area contributed by atoms with Gasteiger partial charge in [-0.25, -0.2) is 0 Å². The van der Waals surface area contributed by atoms with Gasteiger partial charge in [0.15, 0.2) is 0 Å². The summed E-state index contributed by atoms with van der Waals surface area (Å²) < 4.78 is 1.88. The average Bonchev–Trinajstić information content (AvgIpc) is 2.95. The number of carbonyl (C=O) groups is 1. The van der Waals surface area contributed by atoms with E-state index in [1.165, 1.54) is 24.0 Å². The Morgan fingerprint density at radius 2 is 1.95 bits per heavy atom. The lowest BCUT2D eigenvalue weighted by atomic mass is 9.91. The number of likely N-dealkylation sites (tertiary alicyclic amines) is 1. The van der Waals surface area contributed by atoms with Crippen LogP contribution in [0, 0.1) is 0 Å². The summed E-state index contributed by atoms with van der Waals surface area (Å²) in [5, 5.41) is 4.27. The molecule has 116 valence electrons. The van der Waals surface area contributed by atoms with E-state index in [-0.39, 0.29) is 5.91 Å². The number of hydrogen-bond acceptors (Lipinski definition) is 3. The Bertz CT molecular complexity index is 639. The van der Waals surface area contributed by atoms with Gasteiger partial charge in [-0.3, -0.25) is 14.4 Å². The third kappa shape index (κ3) is 3.36. The number of carbonyl (C=O) groups excluding carboxylic acids is 1. The standard InChI is InChI=1S/C17H22N4O/c1-20-12-16(10-19-20)14-6-8-21(9-7-14)11-13-2-4-15(5-3-13)17(18)22/h2-5,10,12,14H,6-9,11H2,1H3,(H2,18,22). The number of rotatable bonds is 4. The minimum atomic E-state index is -0.371. The normalized spacial score (nSPS) is 16.8. The van der Waals surface area contributed by atoms with Crippen molar-refractivity contribution in [2.24, 2.45) is 12.8 Å². The highest BCUT2D eigenvalue weighted by Gasteiger charge is 2.21. The Morgan fingerprint density at radius 3 is 2.50 bits per heavy atom. The van der Waals surface area contributed by atoms with Gasteiger partial charge in [0.2, 0.25) is 5.91 Å². The summed E-state index contributed by atoms with van der Waals surface area (Å²) in [5.74, 6) is 0.256. The number of nitrogens with zero attached hydrogens (tertiary/aromatic N) is 3. The van der Waals surface area contributed by atoms with Crippen molar-refractivity contribution in [3.63, 3.8) is 0 Å². The van der Waals surface area contributed by atoms with Crippen LogP contribution in [0.5, 0.6) is 0 Å². The predicted molar refractivity (Wildman–Crippen MR) is 85.4 cm³/mol. The number of benzene rings is 1. The van der Waals surface area contributed by atoms with Gasteiger partial charge in [-0.15, -0.1) is 0 Å². The molecule has 1 amide bonds. The van der Waals surface area contributed by atoms with Crippen LogP contribution in [0.3, 0.4) is 0 Å². The molecule has 2 aromatic rings. The molecule has 0 spiro atoms. The number of primary amides is 1. The number of aromatic nitrogens is 2. The third-order valence-corrected chi connectivity index (χ3v) is 4.43. The van der Waals surface area contributed by atoms with Crippen LogP contribution in [0.25, 0.3) is 0 Å². The van der Waals surface area contributed by atoms with Crippen molar-refractivity contribution in [1.82, 2.24) is 14.7 Å². The van der Waals surface area contributed by atoms with Crippen LogP contribution in [-0.4, -0.2) is 33.7 Å². The van der Waals surface area contributed by atoms with Gasteiger partial charge in [-0.2, -0.15) is 5.10 Å². The van der Waals surface area contributed by atoms with Crippen molar-refractivity contribution in [2.45, 2.75) is 25.3 Å². The zero-order valence-electron chi connectivity index (χ0n) is 12.9. The van der Waals surface area contributed by atoms with E-state index in [1.54, 1.807) is 12.1 Å². The molecule has 0 atom stereocenters. The Kier molecular flexibility index (Phi) is 4.24. The molecule has 0 aliphatic carbocycles.